The number of benzene rings is 3. The highest BCUT2D eigenvalue weighted by molar-refractivity contribution is 6.01. The number of hydrogen-bond acceptors (Lipinski definition) is 3. The molecule has 5 nitrogen and oxygen atoms in total. The lowest BCUT2D eigenvalue weighted by Crippen LogP contribution is -2.45. The molecule has 3 aromatic carbocycles. The molecule has 2 amide bonds. The second kappa shape index (κ2) is 11.6. The Morgan fingerprint density at radius 3 is 1.97 bits per heavy atom. The second-order valence-corrected chi connectivity index (χ2v) is 9.70. The Hall–Kier alpha value is -3.72. The van der Waals surface area contributed by atoms with Gasteiger partial charge in [0, 0.05) is 23.2 Å². The average Bonchev–Trinajstić information content (AvgIpc) is 2.82. The van der Waals surface area contributed by atoms with Crippen LogP contribution in [0.4, 0.5) is 23.2 Å². The van der Waals surface area contributed by atoms with Gasteiger partial charge in [0.05, 0.1) is 0 Å². The predicted molar refractivity (Wildman–Crippen MR) is 135 cm³/mol. The lowest BCUT2D eigenvalue weighted by Gasteiger charge is -2.30. The summed E-state index contributed by atoms with van der Waals surface area (Å²) < 4.78 is 54.2. The summed E-state index contributed by atoms with van der Waals surface area (Å²) in [4.78, 5) is 25.8. The molecule has 0 fully saturated rings. The molecule has 2 atom stereocenters. The van der Waals surface area contributed by atoms with E-state index < -0.39 is 41.4 Å². The summed E-state index contributed by atoms with van der Waals surface area (Å²) in [6, 6.07) is 16.4. The Morgan fingerprint density at radius 2 is 1.43 bits per heavy atom. The van der Waals surface area contributed by atoms with Crippen LogP contribution in [0.5, 0.6) is 0 Å². The number of carbonyl (C=O) groups is 2. The zero-order chi connectivity index (χ0) is 27.2. The van der Waals surface area contributed by atoms with Crippen molar-refractivity contribution >= 4 is 17.5 Å². The van der Waals surface area contributed by atoms with Crippen LogP contribution in [-0.2, 0) is 11.2 Å². The Balaban J connectivity index is 1.78. The number of hydrogen-bond donors (Lipinski definition) is 3. The zero-order valence-corrected chi connectivity index (χ0v) is 20.7. The van der Waals surface area contributed by atoms with Crippen molar-refractivity contribution < 1.29 is 27.2 Å². The number of halogens is 4. The lowest BCUT2D eigenvalue weighted by molar-refractivity contribution is -0.161. The van der Waals surface area contributed by atoms with Crippen LogP contribution >= 0.6 is 0 Å². The number of amides is 2. The Kier molecular flexibility index (Phi) is 8.70. The molecule has 3 aromatic rings. The van der Waals surface area contributed by atoms with E-state index in [2.05, 4.69) is 16.0 Å². The van der Waals surface area contributed by atoms with E-state index in [1.165, 1.54) is 36.4 Å². The Labute approximate surface area is 213 Å². The summed E-state index contributed by atoms with van der Waals surface area (Å²) >= 11 is 0. The molecular weight excluding hydrogens is 486 g/mol. The summed E-state index contributed by atoms with van der Waals surface area (Å²) in [5.74, 6) is -1.61. The van der Waals surface area contributed by atoms with Crippen molar-refractivity contribution in [2.24, 2.45) is 0 Å². The van der Waals surface area contributed by atoms with Gasteiger partial charge < -0.3 is 10.6 Å². The van der Waals surface area contributed by atoms with Crippen molar-refractivity contribution in [3.05, 3.63) is 101 Å². The molecule has 37 heavy (non-hydrogen) atoms. The van der Waals surface area contributed by atoms with E-state index in [4.69, 9.17) is 0 Å². The molecule has 3 N–H and O–H groups in total. The fourth-order valence-electron chi connectivity index (χ4n) is 3.68. The maximum atomic E-state index is 13.6. The Morgan fingerprint density at radius 1 is 0.838 bits per heavy atom. The third-order valence-electron chi connectivity index (χ3n) is 5.43. The minimum atomic E-state index is -4.51. The molecule has 2 unspecified atom stereocenters. The highest BCUT2D eigenvalue weighted by atomic mass is 19.4. The summed E-state index contributed by atoms with van der Waals surface area (Å²) in [6.07, 6.45) is -4.34. The van der Waals surface area contributed by atoms with E-state index in [0.717, 1.165) is 17.7 Å². The minimum Gasteiger partial charge on any atom is -0.340 e. The molecule has 3 rings (SSSR count). The van der Waals surface area contributed by atoms with Gasteiger partial charge in [-0.05, 0) is 68.3 Å². The summed E-state index contributed by atoms with van der Waals surface area (Å²) in [6.45, 7) is 4.94. The van der Waals surface area contributed by atoms with Crippen LogP contribution in [0.15, 0.2) is 78.9 Å². The van der Waals surface area contributed by atoms with Gasteiger partial charge in [-0.1, -0.05) is 42.5 Å². The summed E-state index contributed by atoms with van der Waals surface area (Å²) in [5.41, 5.74) is 0.478. The molecule has 0 spiro atoms. The molecule has 0 aromatic heterocycles. The quantitative estimate of drug-likeness (QED) is 0.332. The van der Waals surface area contributed by atoms with Crippen LogP contribution in [0.3, 0.4) is 0 Å². The van der Waals surface area contributed by atoms with E-state index in [9.17, 15) is 27.2 Å². The van der Waals surface area contributed by atoms with Crippen molar-refractivity contribution in [2.75, 3.05) is 5.32 Å². The monoisotopic (exact) mass is 515 g/mol. The normalized spacial score (nSPS) is 13.5. The first-order valence-electron chi connectivity index (χ1n) is 11.7. The summed E-state index contributed by atoms with van der Waals surface area (Å²) in [5, 5.41) is 7.91. The largest absolute Gasteiger partial charge is 0.407 e. The predicted octanol–water partition coefficient (Wildman–Crippen LogP) is 5.80. The van der Waals surface area contributed by atoms with Gasteiger partial charge in [-0.2, -0.15) is 13.2 Å². The topological polar surface area (TPSA) is 70.2 Å². The second-order valence-electron chi connectivity index (χ2n) is 9.70. The highest BCUT2D eigenvalue weighted by Crippen LogP contribution is 2.34. The van der Waals surface area contributed by atoms with Crippen molar-refractivity contribution in [3.63, 3.8) is 0 Å². The number of nitrogens with one attached hydrogen (secondary N) is 3. The first kappa shape index (κ1) is 27.9. The molecular formula is C28H29F4N3O2. The van der Waals surface area contributed by atoms with E-state index in [1.807, 2.05) is 6.07 Å². The van der Waals surface area contributed by atoms with Crippen molar-refractivity contribution in [1.29, 1.82) is 0 Å². The van der Waals surface area contributed by atoms with Crippen LogP contribution in [-0.4, -0.2) is 29.6 Å². The molecule has 0 heterocycles. The maximum absolute atomic E-state index is 13.6. The first-order valence-corrected chi connectivity index (χ1v) is 11.7. The lowest BCUT2D eigenvalue weighted by atomic mass is 10.0. The maximum Gasteiger partial charge on any atom is 0.407 e. The van der Waals surface area contributed by atoms with E-state index in [-0.39, 0.29) is 23.2 Å². The van der Waals surface area contributed by atoms with Crippen LogP contribution in [0, 0.1) is 5.82 Å². The summed E-state index contributed by atoms with van der Waals surface area (Å²) in [7, 11) is 0. The average molecular weight is 516 g/mol. The first-order chi connectivity index (χ1) is 17.3. The fraction of sp³-hybridized carbons (Fsp3) is 0.286. The van der Waals surface area contributed by atoms with Gasteiger partial charge in [-0.15, -0.1) is 0 Å². The van der Waals surface area contributed by atoms with Gasteiger partial charge in [0.15, 0.2) is 0 Å². The number of rotatable bonds is 8. The van der Waals surface area contributed by atoms with Crippen LogP contribution < -0.4 is 16.0 Å². The third-order valence-corrected chi connectivity index (χ3v) is 5.43. The van der Waals surface area contributed by atoms with Crippen molar-refractivity contribution in [1.82, 2.24) is 10.6 Å². The number of anilines is 1. The van der Waals surface area contributed by atoms with Crippen LogP contribution in [0.25, 0.3) is 0 Å². The molecule has 0 radical (unpaired) electrons. The van der Waals surface area contributed by atoms with Gasteiger partial charge >= 0.3 is 6.18 Å². The van der Waals surface area contributed by atoms with E-state index in [0.29, 0.717) is 0 Å². The SMILES string of the molecule is CC(C)(C)NC(c1ccc(NC(=O)C(Cc2ccccc2)NC(=O)c2ccc(F)cc2)cc1)C(F)(F)F. The van der Waals surface area contributed by atoms with Gasteiger partial charge in [0.1, 0.15) is 17.9 Å². The highest BCUT2D eigenvalue weighted by Gasteiger charge is 2.42. The van der Waals surface area contributed by atoms with Crippen LogP contribution in [0.1, 0.15) is 48.3 Å². The molecule has 0 saturated carbocycles. The van der Waals surface area contributed by atoms with Crippen LogP contribution in [0.2, 0.25) is 0 Å². The minimum absolute atomic E-state index is 0.00544. The number of carbonyl (C=O) groups excluding carboxylic acids is 2. The molecule has 0 aliphatic carbocycles. The molecule has 0 bridgehead atoms. The van der Waals surface area contributed by atoms with Crippen molar-refractivity contribution in [3.8, 4) is 0 Å². The van der Waals surface area contributed by atoms with Gasteiger partial charge in [0.25, 0.3) is 5.91 Å². The number of alkyl halides is 3. The van der Waals surface area contributed by atoms with Gasteiger partial charge in [-0.25, -0.2) is 4.39 Å². The molecule has 196 valence electrons. The van der Waals surface area contributed by atoms with Gasteiger partial charge in [-0.3, -0.25) is 14.9 Å². The standard InChI is InChI=1S/C28H29F4N3O2/c1-27(2,3)35-24(28(30,31)32)19-11-15-22(16-12-19)33-26(37)23(17-18-7-5-4-6-8-18)34-25(36)20-9-13-21(29)14-10-20/h4-16,23-24,35H,17H2,1-3H3,(H,33,37)(H,34,36). The molecule has 9 heteroatoms. The van der Waals surface area contributed by atoms with E-state index >= 15 is 0 Å². The molecule has 0 aliphatic heterocycles. The van der Waals surface area contributed by atoms with E-state index in [1.54, 1.807) is 45.0 Å². The zero-order valence-electron chi connectivity index (χ0n) is 20.7. The van der Waals surface area contributed by atoms with Gasteiger partial charge in [0.2, 0.25) is 5.91 Å². The molecule has 0 aliphatic rings. The smallest absolute Gasteiger partial charge is 0.340 e. The van der Waals surface area contributed by atoms with Crippen molar-refractivity contribution in [2.45, 2.75) is 51.0 Å². The molecule has 0 saturated heterocycles. The fourth-order valence-corrected chi connectivity index (χ4v) is 3.68. The third kappa shape index (κ3) is 8.42. The Bertz CT molecular complexity index is 1190.